The van der Waals surface area contributed by atoms with Gasteiger partial charge in [0.15, 0.2) is 17.2 Å². The van der Waals surface area contributed by atoms with Crippen molar-refractivity contribution in [2.24, 2.45) is 0 Å². The van der Waals surface area contributed by atoms with Crippen molar-refractivity contribution in [3.63, 3.8) is 0 Å². The second-order valence-electron chi connectivity index (χ2n) is 10.4. The van der Waals surface area contributed by atoms with E-state index in [1.54, 1.807) is 11.1 Å². The van der Waals surface area contributed by atoms with Gasteiger partial charge in [0, 0.05) is 50.2 Å². The van der Waals surface area contributed by atoms with Crippen LogP contribution in [0.25, 0.3) is 39.5 Å². The first-order valence-corrected chi connectivity index (χ1v) is 13.7. The van der Waals surface area contributed by atoms with Crippen LogP contribution in [0, 0.1) is 0 Å². The van der Waals surface area contributed by atoms with E-state index in [1.165, 1.54) is 0 Å². The summed E-state index contributed by atoms with van der Waals surface area (Å²) in [6.45, 7) is 3.30. The van der Waals surface area contributed by atoms with Crippen LogP contribution in [0.2, 0.25) is 0 Å². The van der Waals surface area contributed by atoms with Gasteiger partial charge in [0.1, 0.15) is 17.0 Å². The Labute approximate surface area is 240 Å². The number of aromatic nitrogens is 4. The second-order valence-corrected chi connectivity index (χ2v) is 10.4. The maximum atomic E-state index is 11.8. The number of rotatable bonds is 6. The van der Waals surface area contributed by atoms with Crippen molar-refractivity contribution in [3.8, 4) is 34.1 Å². The van der Waals surface area contributed by atoms with E-state index in [1.807, 2.05) is 59.2 Å². The normalized spacial score (nSPS) is 14.1. The number of hydrogen-bond acceptors (Lipinski definition) is 9. The highest BCUT2D eigenvalue weighted by Gasteiger charge is 2.28. The lowest BCUT2D eigenvalue weighted by Crippen LogP contribution is -2.50. The van der Waals surface area contributed by atoms with Gasteiger partial charge in [-0.3, -0.25) is 19.1 Å². The smallest absolute Gasteiger partial charge is 0.271 e. The minimum Gasteiger partial charge on any atom is -0.502 e. The number of fused-ring (bicyclic) bond motifs is 1. The molecule has 10 heteroatoms. The van der Waals surface area contributed by atoms with Gasteiger partial charge in [0.25, 0.3) is 10.9 Å². The molecule has 1 aliphatic rings. The van der Waals surface area contributed by atoms with Crippen molar-refractivity contribution in [3.05, 3.63) is 111 Å². The number of hydrogen-bond donors (Lipinski definition) is 2. The molecule has 10 nitrogen and oxygen atoms in total. The highest BCUT2D eigenvalue weighted by Crippen LogP contribution is 2.32. The highest BCUT2D eigenvalue weighted by atomic mass is 16.3. The van der Waals surface area contributed by atoms with Crippen molar-refractivity contribution in [1.29, 1.82) is 0 Å². The van der Waals surface area contributed by atoms with Gasteiger partial charge in [-0.1, -0.05) is 42.5 Å². The molecule has 6 aromatic rings. The van der Waals surface area contributed by atoms with Crippen molar-refractivity contribution in [2.75, 3.05) is 36.8 Å². The molecule has 1 saturated heterocycles. The minimum absolute atomic E-state index is 0.158. The van der Waals surface area contributed by atoms with Crippen LogP contribution >= 0.6 is 0 Å². The largest absolute Gasteiger partial charge is 0.502 e. The first kappa shape index (κ1) is 25.6. The third kappa shape index (κ3) is 4.38. The summed E-state index contributed by atoms with van der Waals surface area (Å²) in [5.74, 6) is 0.651. The van der Waals surface area contributed by atoms with Gasteiger partial charge in [0.2, 0.25) is 0 Å². The molecule has 0 saturated carbocycles. The summed E-state index contributed by atoms with van der Waals surface area (Å²) >= 11 is 0. The van der Waals surface area contributed by atoms with E-state index in [0.717, 1.165) is 45.8 Å². The first-order valence-electron chi connectivity index (χ1n) is 13.7. The lowest BCUT2D eigenvalue weighted by Gasteiger charge is -2.36. The van der Waals surface area contributed by atoms with Gasteiger partial charge >= 0.3 is 0 Å². The van der Waals surface area contributed by atoms with Gasteiger partial charge in [0.05, 0.1) is 11.3 Å². The number of imidazole rings is 1. The lowest BCUT2D eigenvalue weighted by atomic mass is 10.1. The summed E-state index contributed by atoms with van der Waals surface area (Å²) in [6.07, 6.45) is 1.66. The Balaban J connectivity index is 1.19. The van der Waals surface area contributed by atoms with Crippen LogP contribution in [0.4, 0.5) is 11.5 Å². The Morgan fingerprint density at radius 2 is 1.57 bits per heavy atom. The van der Waals surface area contributed by atoms with Crippen molar-refractivity contribution in [2.45, 2.75) is 6.54 Å². The summed E-state index contributed by atoms with van der Waals surface area (Å²) in [7, 11) is 0. The van der Waals surface area contributed by atoms with Crippen molar-refractivity contribution < 1.29 is 5.11 Å². The predicted octanol–water partition coefficient (Wildman–Crippen LogP) is 3.36. The molecule has 1 aliphatic heterocycles. The highest BCUT2D eigenvalue weighted by molar-refractivity contribution is 5.84. The second kappa shape index (κ2) is 10.2. The standard InChI is InChI=1S/C32H27N7O3/c33-30-23(7-4-14-34-30)31-36-25-13-12-24(21-5-2-1-3-6-21)35-32(25)39(31)22-10-8-20(9-11-22)19-37-15-17-38(18-16-37)26-27(40)29(42)28(26)41/h1-14,40H,15-19H2,(H2,33,34). The summed E-state index contributed by atoms with van der Waals surface area (Å²) in [5, 5.41) is 9.78. The monoisotopic (exact) mass is 557 g/mol. The number of nitrogens with zero attached hydrogens (tertiary/aromatic N) is 6. The molecule has 0 spiro atoms. The van der Waals surface area contributed by atoms with E-state index >= 15 is 0 Å². The van der Waals surface area contributed by atoms with Gasteiger partial charge < -0.3 is 15.7 Å². The average molecular weight is 558 g/mol. The zero-order chi connectivity index (χ0) is 28.8. The zero-order valence-electron chi connectivity index (χ0n) is 22.6. The molecule has 42 heavy (non-hydrogen) atoms. The minimum atomic E-state index is -0.793. The Kier molecular flexibility index (Phi) is 6.24. The Bertz CT molecular complexity index is 1990. The third-order valence-corrected chi connectivity index (χ3v) is 7.80. The van der Waals surface area contributed by atoms with Crippen LogP contribution in [-0.2, 0) is 6.54 Å². The maximum Gasteiger partial charge on any atom is 0.271 e. The van der Waals surface area contributed by atoms with Crippen molar-refractivity contribution in [1.82, 2.24) is 24.4 Å². The first-order chi connectivity index (χ1) is 20.5. The Morgan fingerprint density at radius 3 is 2.29 bits per heavy atom. The molecule has 0 atom stereocenters. The molecule has 4 heterocycles. The molecule has 3 N–H and O–H groups in total. The molecule has 3 aromatic heterocycles. The lowest BCUT2D eigenvalue weighted by molar-refractivity contribution is 0.248. The van der Waals surface area contributed by atoms with Crippen molar-refractivity contribution >= 4 is 22.7 Å². The van der Waals surface area contributed by atoms with E-state index < -0.39 is 16.6 Å². The summed E-state index contributed by atoms with van der Waals surface area (Å²) in [5.41, 5.74) is 11.2. The van der Waals surface area contributed by atoms with Crippen LogP contribution in [0.5, 0.6) is 5.75 Å². The van der Waals surface area contributed by atoms with Gasteiger partial charge in [-0.25, -0.2) is 15.0 Å². The fourth-order valence-electron chi connectivity index (χ4n) is 5.56. The number of anilines is 2. The van der Waals surface area contributed by atoms with E-state index in [9.17, 15) is 14.7 Å². The molecule has 0 aliphatic carbocycles. The molecule has 7 rings (SSSR count). The average Bonchev–Trinajstić information content (AvgIpc) is 3.41. The molecular weight excluding hydrogens is 530 g/mol. The quantitative estimate of drug-likeness (QED) is 0.296. The Morgan fingerprint density at radius 1 is 0.810 bits per heavy atom. The van der Waals surface area contributed by atoms with E-state index in [2.05, 4.69) is 34.1 Å². The molecule has 1 fully saturated rings. The van der Waals surface area contributed by atoms with Crippen LogP contribution in [0.15, 0.2) is 94.6 Å². The number of nitrogen functional groups attached to an aromatic ring is 1. The summed E-state index contributed by atoms with van der Waals surface area (Å²) < 4.78 is 2.02. The topological polar surface area (TPSA) is 130 Å². The predicted molar refractivity (Wildman–Crippen MR) is 162 cm³/mol. The van der Waals surface area contributed by atoms with Crippen LogP contribution in [-0.4, -0.2) is 55.7 Å². The van der Waals surface area contributed by atoms with E-state index in [-0.39, 0.29) is 5.69 Å². The van der Waals surface area contributed by atoms with E-state index in [0.29, 0.717) is 37.8 Å². The SMILES string of the molecule is Nc1ncccc1-c1nc2ccc(-c3ccccc3)nc2n1-c1ccc(CN2CCN(c3c(O)c(=O)c3=O)CC2)cc1. The molecule has 208 valence electrons. The maximum absolute atomic E-state index is 11.8. The van der Waals surface area contributed by atoms with Gasteiger partial charge in [-0.2, -0.15) is 0 Å². The summed E-state index contributed by atoms with van der Waals surface area (Å²) in [4.78, 5) is 41.5. The number of aromatic hydroxyl groups is 1. The molecule has 3 aromatic carbocycles. The Hall–Kier alpha value is -5.35. The van der Waals surface area contributed by atoms with Gasteiger partial charge in [-0.15, -0.1) is 0 Å². The van der Waals surface area contributed by atoms with E-state index in [4.69, 9.17) is 15.7 Å². The molecule has 0 amide bonds. The third-order valence-electron chi connectivity index (χ3n) is 7.80. The summed E-state index contributed by atoms with van der Waals surface area (Å²) in [6, 6.07) is 26.0. The molecular formula is C32H27N7O3. The number of nitrogens with two attached hydrogens (primary N) is 1. The fourth-order valence-corrected chi connectivity index (χ4v) is 5.56. The van der Waals surface area contributed by atoms with Crippen LogP contribution < -0.4 is 21.5 Å². The molecule has 0 unspecified atom stereocenters. The fraction of sp³-hybridized carbons (Fsp3) is 0.156. The molecule has 0 radical (unpaired) electrons. The number of piperazine rings is 1. The zero-order valence-corrected chi connectivity index (χ0v) is 22.6. The van der Waals surface area contributed by atoms with Crippen LogP contribution in [0.3, 0.4) is 0 Å². The number of benzene rings is 2. The molecule has 0 bridgehead atoms. The van der Waals surface area contributed by atoms with Crippen LogP contribution in [0.1, 0.15) is 5.56 Å². The van der Waals surface area contributed by atoms with Gasteiger partial charge in [-0.05, 0) is 42.0 Å². The number of pyridine rings is 2.